The summed E-state index contributed by atoms with van der Waals surface area (Å²) in [6.45, 7) is 0. The normalized spacial score (nSPS) is 15.3. The predicted octanol–water partition coefficient (Wildman–Crippen LogP) is 4.41. The summed E-state index contributed by atoms with van der Waals surface area (Å²) < 4.78 is 70.6. The van der Waals surface area contributed by atoms with Crippen molar-refractivity contribution in [3.8, 4) is 11.1 Å². The van der Waals surface area contributed by atoms with Crippen LogP contribution in [0, 0.1) is 11.6 Å². The summed E-state index contributed by atoms with van der Waals surface area (Å²) in [6, 6.07) is 3.76. The first-order valence-corrected chi connectivity index (χ1v) is 10.5. The van der Waals surface area contributed by atoms with Crippen LogP contribution < -0.4 is 16.7 Å². The van der Waals surface area contributed by atoms with Gasteiger partial charge in [0, 0.05) is 21.7 Å². The molecule has 4 aromatic rings. The summed E-state index contributed by atoms with van der Waals surface area (Å²) in [7, 11) is 0. The highest BCUT2D eigenvalue weighted by atomic mass is 35.5. The number of rotatable bonds is 3. The standard InChI is InChI=1S/C23H12ClF5N4O3/c24-13-2-1-7(25)3-9(13)18-16-10(6-14-19(33-22(36)31-14)17(16)21(35)32-18)15-11(20(30)34)4-8(26)5-12(15)23(27,28)29/h1-6,18H,(H2,30,34)(H,32,35)(H2,31,33,36). The highest BCUT2D eigenvalue weighted by molar-refractivity contribution is 6.31. The number of aromatic amines is 2. The molecule has 7 nitrogen and oxygen atoms in total. The van der Waals surface area contributed by atoms with Gasteiger partial charge in [-0.15, -0.1) is 0 Å². The smallest absolute Gasteiger partial charge is 0.366 e. The van der Waals surface area contributed by atoms with E-state index in [1.807, 2.05) is 0 Å². The number of nitrogens with two attached hydrogens (primary N) is 1. The third-order valence-electron chi connectivity index (χ3n) is 5.86. The Morgan fingerprint density at radius 3 is 2.36 bits per heavy atom. The average Bonchev–Trinajstić information content (AvgIpc) is 3.32. The van der Waals surface area contributed by atoms with Crippen molar-refractivity contribution in [2.24, 2.45) is 5.73 Å². The third kappa shape index (κ3) is 3.61. The quantitative estimate of drug-likeness (QED) is 0.298. The van der Waals surface area contributed by atoms with Crippen molar-refractivity contribution in [1.29, 1.82) is 0 Å². The first kappa shape index (κ1) is 23.5. The van der Waals surface area contributed by atoms with E-state index in [9.17, 15) is 36.3 Å². The minimum absolute atomic E-state index is 0.00135. The van der Waals surface area contributed by atoms with E-state index >= 15 is 0 Å². The lowest BCUT2D eigenvalue weighted by molar-refractivity contribution is -0.137. The molecule has 0 radical (unpaired) electrons. The Morgan fingerprint density at radius 2 is 1.69 bits per heavy atom. The van der Waals surface area contributed by atoms with Crippen molar-refractivity contribution in [2.75, 3.05) is 0 Å². The highest BCUT2D eigenvalue weighted by Gasteiger charge is 2.41. The van der Waals surface area contributed by atoms with Gasteiger partial charge in [0.05, 0.1) is 33.8 Å². The Morgan fingerprint density at radius 1 is 0.972 bits per heavy atom. The molecule has 1 aromatic heterocycles. The number of nitrogens with one attached hydrogen (secondary N) is 3. The Labute approximate surface area is 202 Å². The Kier molecular flexibility index (Phi) is 5.18. The molecule has 0 aliphatic carbocycles. The van der Waals surface area contributed by atoms with Gasteiger partial charge < -0.3 is 21.0 Å². The van der Waals surface area contributed by atoms with Gasteiger partial charge in [-0.1, -0.05) is 11.6 Å². The SMILES string of the molecule is NC(=O)c1cc(F)cc(C(F)(F)F)c1-c1cc2[nH]c(=O)[nH]c2c2c1C(c1cc(F)ccc1Cl)NC2=O. The van der Waals surface area contributed by atoms with Gasteiger partial charge in [0.1, 0.15) is 11.6 Å². The second-order valence-corrected chi connectivity index (χ2v) is 8.43. The molecule has 184 valence electrons. The number of fused-ring (bicyclic) bond motifs is 3. The molecule has 2 heterocycles. The van der Waals surface area contributed by atoms with Crippen LogP contribution in [0.25, 0.3) is 22.2 Å². The van der Waals surface area contributed by atoms with Crippen LogP contribution in [0.5, 0.6) is 0 Å². The summed E-state index contributed by atoms with van der Waals surface area (Å²) in [5.74, 6) is -4.30. The lowest BCUT2D eigenvalue weighted by Gasteiger charge is -2.22. The minimum atomic E-state index is -5.16. The molecule has 1 atom stereocenters. The number of carbonyl (C=O) groups excluding carboxylic acids is 2. The zero-order valence-corrected chi connectivity index (χ0v) is 18.4. The summed E-state index contributed by atoms with van der Waals surface area (Å²) in [4.78, 5) is 42.0. The van der Waals surface area contributed by atoms with Gasteiger partial charge in [-0.25, -0.2) is 13.6 Å². The zero-order valence-electron chi connectivity index (χ0n) is 17.6. The number of benzene rings is 3. The fourth-order valence-electron chi connectivity index (χ4n) is 4.50. The van der Waals surface area contributed by atoms with E-state index in [0.29, 0.717) is 6.07 Å². The second kappa shape index (κ2) is 7.92. The van der Waals surface area contributed by atoms with E-state index in [-0.39, 0.29) is 44.4 Å². The lowest BCUT2D eigenvalue weighted by atomic mass is 9.85. The molecule has 1 aliphatic rings. The summed E-state index contributed by atoms with van der Waals surface area (Å²) >= 11 is 6.23. The molecule has 1 aliphatic heterocycles. The molecule has 1 unspecified atom stereocenters. The van der Waals surface area contributed by atoms with Gasteiger partial charge in [0.25, 0.3) is 5.91 Å². The van der Waals surface area contributed by atoms with Gasteiger partial charge in [-0.05, 0) is 42.0 Å². The van der Waals surface area contributed by atoms with Crippen molar-refractivity contribution in [1.82, 2.24) is 15.3 Å². The Balaban J connectivity index is 1.98. The molecule has 0 saturated heterocycles. The maximum atomic E-state index is 14.2. The van der Waals surface area contributed by atoms with E-state index < -0.39 is 58.0 Å². The van der Waals surface area contributed by atoms with Crippen LogP contribution in [-0.4, -0.2) is 21.8 Å². The second-order valence-electron chi connectivity index (χ2n) is 8.02. The van der Waals surface area contributed by atoms with Crippen LogP contribution in [0.3, 0.4) is 0 Å². The van der Waals surface area contributed by atoms with Crippen LogP contribution in [0.4, 0.5) is 22.0 Å². The number of hydrogen-bond donors (Lipinski definition) is 4. The number of primary amides is 1. The molecule has 13 heteroatoms. The maximum Gasteiger partial charge on any atom is 0.417 e. The monoisotopic (exact) mass is 522 g/mol. The fourth-order valence-corrected chi connectivity index (χ4v) is 4.72. The molecule has 5 N–H and O–H groups in total. The van der Waals surface area contributed by atoms with Crippen LogP contribution in [0.1, 0.15) is 43.4 Å². The van der Waals surface area contributed by atoms with Gasteiger partial charge in [0.2, 0.25) is 5.91 Å². The van der Waals surface area contributed by atoms with Gasteiger partial charge in [0.15, 0.2) is 0 Å². The maximum absolute atomic E-state index is 14.2. The summed E-state index contributed by atoms with van der Waals surface area (Å²) in [5, 5.41) is 2.52. The molecule has 5 rings (SSSR count). The molecule has 0 saturated carbocycles. The van der Waals surface area contributed by atoms with Gasteiger partial charge in [-0.2, -0.15) is 13.2 Å². The van der Waals surface area contributed by atoms with Crippen LogP contribution in [0.15, 0.2) is 41.2 Å². The number of aromatic nitrogens is 2. The number of alkyl halides is 3. The van der Waals surface area contributed by atoms with Gasteiger partial charge in [-0.3, -0.25) is 9.59 Å². The predicted molar refractivity (Wildman–Crippen MR) is 119 cm³/mol. The van der Waals surface area contributed by atoms with Crippen molar-refractivity contribution in [3.05, 3.63) is 91.4 Å². The molecule has 3 aromatic carbocycles. The van der Waals surface area contributed by atoms with E-state index in [1.165, 1.54) is 6.07 Å². The molecular formula is C23H12ClF5N4O3. The van der Waals surface area contributed by atoms with Gasteiger partial charge >= 0.3 is 11.9 Å². The first-order valence-electron chi connectivity index (χ1n) is 10.1. The topological polar surface area (TPSA) is 121 Å². The largest absolute Gasteiger partial charge is 0.417 e. The molecule has 2 amide bonds. The fraction of sp³-hybridized carbons (Fsp3) is 0.0870. The molecule has 0 fully saturated rings. The number of carbonyl (C=O) groups is 2. The number of imidazole rings is 1. The molecular weight excluding hydrogens is 511 g/mol. The Bertz CT molecular complexity index is 1680. The Hall–Kier alpha value is -4.19. The van der Waals surface area contributed by atoms with Crippen molar-refractivity contribution in [3.63, 3.8) is 0 Å². The third-order valence-corrected chi connectivity index (χ3v) is 6.20. The summed E-state index contributed by atoms with van der Waals surface area (Å²) in [6.07, 6.45) is -5.16. The first-order chi connectivity index (χ1) is 16.9. The minimum Gasteiger partial charge on any atom is -0.366 e. The average molecular weight is 523 g/mol. The van der Waals surface area contributed by atoms with Crippen LogP contribution >= 0.6 is 11.6 Å². The van der Waals surface area contributed by atoms with E-state index in [0.717, 1.165) is 18.2 Å². The van der Waals surface area contributed by atoms with Crippen molar-refractivity contribution < 1.29 is 31.5 Å². The number of H-pyrrole nitrogens is 2. The molecule has 36 heavy (non-hydrogen) atoms. The zero-order chi connectivity index (χ0) is 26.1. The van der Waals surface area contributed by atoms with E-state index in [4.69, 9.17) is 17.3 Å². The van der Waals surface area contributed by atoms with E-state index in [1.54, 1.807) is 0 Å². The molecule has 0 spiro atoms. The van der Waals surface area contributed by atoms with Crippen LogP contribution in [0.2, 0.25) is 5.02 Å². The summed E-state index contributed by atoms with van der Waals surface area (Å²) in [5.41, 5.74) is 0.530. The number of hydrogen-bond acceptors (Lipinski definition) is 3. The van der Waals surface area contributed by atoms with Crippen molar-refractivity contribution >= 4 is 34.4 Å². The molecule has 0 bridgehead atoms. The van der Waals surface area contributed by atoms with Crippen molar-refractivity contribution in [2.45, 2.75) is 12.2 Å². The number of halogens is 6. The van der Waals surface area contributed by atoms with Crippen LogP contribution in [-0.2, 0) is 6.18 Å². The van der Waals surface area contributed by atoms with E-state index in [2.05, 4.69) is 15.3 Å². The number of amides is 2. The highest BCUT2D eigenvalue weighted by Crippen LogP contribution is 2.47. The lowest BCUT2D eigenvalue weighted by Crippen LogP contribution is -2.21.